The fraction of sp³-hybridized carbons (Fsp3) is 0.750. The Morgan fingerprint density at radius 3 is 2.95 bits per heavy atom. The molecule has 2 aliphatic rings. The molecule has 1 aromatic heterocycles. The molecule has 0 radical (unpaired) electrons. The lowest BCUT2D eigenvalue weighted by Crippen LogP contribution is -2.35. The summed E-state index contributed by atoms with van der Waals surface area (Å²) >= 11 is 0. The van der Waals surface area contributed by atoms with Crippen LogP contribution in [0.5, 0.6) is 0 Å². The first kappa shape index (κ1) is 14.9. The van der Waals surface area contributed by atoms with Crippen LogP contribution in [0.25, 0.3) is 0 Å². The van der Waals surface area contributed by atoms with Gasteiger partial charge in [0.05, 0.1) is 19.8 Å². The van der Waals surface area contributed by atoms with Crippen molar-refractivity contribution in [1.29, 1.82) is 0 Å². The maximum atomic E-state index is 5.72. The number of nitrogens with zero attached hydrogens (tertiary/aromatic N) is 2. The quantitative estimate of drug-likeness (QED) is 0.925. The maximum Gasteiger partial charge on any atom is 0.159 e. The van der Waals surface area contributed by atoms with Gasteiger partial charge in [0.2, 0.25) is 0 Å². The third-order valence-corrected chi connectivity index (χ3v) is 4.25. The van der Waals surface area contributed by atoms with E-state index in [4.69, 9.17) is 14.5 Å². The molecular weight excluding hydrogens is 266 g/mol. The van der Waals surface area contributed by atoms with E-state index in [1.54, 1.807) is 0 Å². The zero-order valence-electron chi connectivity index (χ0n) is 13.2. The van der Waals surface area contributed by atoms with Gasteiger partial charge in [-0.25, -0.2) is 9.97 Å². The second kappa shape index (κ2) is 5.99. The van der Waals surface area contributed by atoms with Gasteiger partial charge in [0.25, 0.3) is 0 Å². The van der Waals surface area contributed by atoms with Gasteiger partial charge in [0.1, 0.15) is 6.10 Å². The molecule has 116 valence electrons. The molecule has 0 bridgehead atoms. The van der Waals surface area contributed by atoms with Crippen LogP contribution in [0.2, 0.25) is 0 Å². The molecule has 5 nitrogen and oxygen atoms in total. The molecule has 0 aromatic carbocycles. The van der Waals surface area contributed by atoms with Crippen molar-refractivity contribution in [2.24, 2.45) is 5.41 Å². The second-order valence-electron chi connectivity index (χ2n) is 6.72. The summed E-state index contributed by atoms with van der Waals surface area (Å²) in [6.07, 6.45) is 3.98. The van der Waals surface area contributed by atoms with E-state index in [0.717, 1.165) is 30.9 Å². The van der Waals surface area contributed by atoms with Gasteiger partial charge < -0.3 is 14.8 Å². The highest BCUT2D eigenvalue weighted by Gasteiger charge is 2.34. The fourth-order valence-electron chi connectivity index (χ4n) is 3.28. The van der Waals surface area contributed by atoms with Crippen molar-refractivity contribution in [3.63, 3.8) is 0 Å². The van der Waals surface area contributed by atoms with E-state index in [1.807, 2.05) is 6.20 Å². The molecular formula is C16H25N3O2. The van der Waals surface area contributed by atoms with Crippen molar-refractivity contribution in [3.05, 3.63) is 23.3 Å². The Morgan fingerprint density at radius 2 is 2.24 bits per heavy atom. The normalized spacial score (nSPS) is 28.1. The molecule has 0 saturated carbocycles. The Labute approximate surface area is 126 Å². The highest BCUT2D eigenvalue weighted by Crippen LogP contribution is 2.40. The van der Waals surface area contributed by atoms with Gasteiger partial charge in [-0.2, -0.15) is 0 Å². The number of hydrogen-bond acceptors (Lipinski definition) is 5. The third kappa shape index (κ3) is 3.25. The molecule has 1 aliphatic heterocycles. The van der Waals surface area contributed by atoms with Crippen molar-refractivity contribution in [2.75, 3.05) is 26.4 Å². The minimum absolute atomic E-state index is 0.119. The topological polar surface area (TPSA) is 56.3 Å². The zero-order chi connectivity index (χ0) is 14.9. The summed E-state index contributed by atoms with van der Waals surface area (Å²) in [7, 11) is 0. The highest BCUT2D eigenvalue weighted by molar-refractivity contribution is 5.27. The number of hydrogen-bond donors (Lipinski definition) is 1. The molecule has 1 saturated heterocycles. The standard InChI is InChI=1S/C16H25N3O2/c1-4-17-12-7-16(2,3)8-13-11(12)9-18-15(19-13)14-10-20-5-6-21-14/h9,12,14,17H,4-8,10H2,1-3H3. The van der Waals surface area contributed by atoms with Crippen LogP contribution in [0, 0.1) is 5.41 Å². The molecule has 1 fully saturated rings. The van der Waals surface area contributed by atoms with Crippen molar-refractivity contribution >= 4 is 0 Å². The number of nitrogens with one attached hydrogen (secondary N) is 1. The molecule has 21 heavy (non-hydrogen) atoms. The van der Waals surface area contributed by atoms with E-state index in [2.05, 4.69) is 31.1 Å². The van der Waals surface area contributed by atoms with Crippen molar-refractivity contribution in [2.45, 2.75) is 45.8 Å². The Hall–Kier alpha value is -1.04. The molecule has 1 aromatic rings. The molecule has 2 atom stereocenters. The summed E-state index contributed by atoms with van der Waals surface area (Å²) in [4.78, 5) is 9.35. The van der Waals surface area contributed by atoms with Gasteiger partial charge >= 0.3 is 0 Å². The van der Waals surface area contributed by atoms with Crippen LogP contribution in [0.3, 0.4) is 0 Å². The highest BCUT2D eigenvalue weighted by atomic mass is 16.6. The first-order valence-corrected chi connectivity index (χ1v) is 7.87. The summed E-state index contributed by atoms with van der Waals surface area (Å²) in [6, 6.07) is 0.353. The van der Waals surface area contributed by atoms with E-state index < -0.39 is 0 Å². The number of fused-ring (bicyclic) bond motifs is 1. The van der Waals surface area contributed by atoms with Gasteiger partial charge in [-0.15, -0.1) is 0 Å². The zero-order valence-corrected chi connectivity index (χ0v) is 13.2. The monoisotopic (exact) mass is 291 g/mol. The van der Waals surface area contributed by atoms with E-state index >= 15 is 0 Å². The SMILES string of the molecule is CCNC1CC(C)(C)Cc2nc(C3COCCO3)ncc21. The van der Waals surface area contributed by atoms with Crippen LogP contribution in [0.4, 0.5) is 0 Å². The molecule has 0 amide bonds. The van der Waals surface area contributed by atoms with Gasteiger partial charge in [0.15, 0.2) is 5.82 Å². The lowest BCUT2D eigenvalue weighted by atomic mass is 9.74. The Balaban J connectivity index is 1.89. The molecule has 3 rings (SSSR count). The number of ether oxygens (including phenoxy) is 2. The van der Waals surface area contributed by atoms with Crippen LogP contribution in [-0.2, 0) is 15.9 Å². The van der Waals surface area contributed by atoms with Gasteiger partial charge in [-0.1, -0.05) is 20.8 Å². The van der Waals surface area contributed by atoms with Gasteiger partial charge in [-0.3, -0.25) is 0 Å². The maximum absolute atomic E-state index is 5.72. The number of aromatic nitrogens is 2. The van der Waals surface area contributed by atoms with Crippen molar-refractivity contribution < 1.29 is 9.47 Å². The van der Waals surface area contributed by atoms with Crippen LogP contribution < -0.4 is 5.32 Å². The van der Waals surface area contributed by atoms with Crippen LogP contribution in [0.15, 0.2) is 6.20 Å². The lowest BCUT2D eigenvalue weighted by molar-refractivity contribution is -0.0936. The first-order chi connectivity index (χ1) is 10.1. The van der Waals surface area contributed by atoms with E-state index in [0.29, 0.717) is 25.9 Å². The van der Waals surface area contributed by atoms with Crippen molar-refractivity contribution in [1.82, 2.24) is 15.3 Å². The van der Waals surface area contributed by atoms with Gasteiger partial charge in [-0.05, 0) is 24.8 Å². The Bertz CT molecular complexity index is 498. The number of rotatable bonds is 3. The predicted molar refractivity (Wildman–Crippen MR) is 80.1 cm³/mol. The lowest BCUT2D eigenvalue weighted by Gasteiger charge is -2.37. The third-order valence-electron chi connectivity index (χ3n) is 4.25. The summed E-state index contributed by atoms with van der Waals surface area (Å²) in [5.41, 5.74) is 2.67. The van der Waals surface area contributed by atoms with E-state index in [1.165, 1.54) is 5.56 Å². The van der Waals surface area contributed by atoms with Crippen LogP contribution in [0.1, 0.15) is 56.4 Å². The molecule has 1 N–H and O–H groups in total. The molecule has 2 heterocycles. The van der Waals surface area contributed by atoms with Crippen LogP contribution in [-0.4, -0.2) is 36.3 Å². The smallest absolute Gasteiger partial charge is 0.159 e. The summed E-state index contributed by atoms with van der Waals surface area (Å²) in [6.45, 7) is 9.56. The van der Waals surface area contributed by atoms with E-state index in [-0.39, 0.29) is 11.5 Å². The minimum Gasteiger partial charge on any atom is -0.376 e. The Kier molecular flexibility index (Phi) is 4.24. The first-order valence-electron chi connectivity index (χ1n) is 7.87. The predicted octanol–water partition coefficient (Wildman–Crippen LogP) is 2.19. The second-order valence-corrected chi connectivity index (χ2v) is 6.72. The molecule has 1 aliphatic carbocycles. The molecule has 2 unspecified atom stereocenters. The summed E-state index contributed by atoms with van der Waals surface area (Å²) in [5, 5.41) is 3.56. The fourth-order valence-corrected chi connectivity index (χ4v) is 3.28. The molecule has 5 heteroatoms. The average molecular weight is 291 g/mol. The van der Waals surface area contributed by atoms with E-state index in [9.17, 15) is 0 Å². The van der Waals surface area contributed by atoms with Crippen LogP contribution >= 0.6 is 0 Å². The van der Waals surface area contributed by atoms with Crippen molar-refractivity contribution in [3.8, 4) is 0 Å². The minimum atomic E-state index is -0.119. The summed E-state index contributed by atoms with van der Waals surface area (Å²) in [5.74, 6) is 0.765. The largest absolute Gasteiger partial charge is 0.376 e. The average Bonchev–Trinajstić information content (AvgIpc) is 2.46. The molecule has 0 spiro atoms. The Morgan fingerprint density at radius 1 is 1.38 bits per heavy atom. The summed E-state index contributed by atoms with van der Waals surface area (Å²) < 4.78 is 11.2. The van der Waals surface area contributed by atoms with Gasteiger partial charge in [0, 0.05) is 23.5 Å².